The number of nitrogens with zero attached hydrogens (tertiary/aromatic N) is 5. The highest BCUT2D eigenvalue weighted by Gasteiger charge is 2.21. The van der Waals surface area contributed by atoms with Crippen LogP contribution in [-0.2, 0) is 14.4 Å². The van der Waals surface area contributed by atoms with E-state index < -0.39 is 24.0 Å². The summed E-state index contributed by atoms with van der Waals surface area (Å²) in [7, 11) is 0. The van der Waals surface area contributed by atoms with Crippen LogP contribution >= 0.6 is 12.2 Å². The van der Waals surface area contributed by atoms with E-state index in [-0.39, 0.29) is 32.7 Å². The van der Waals surface area contributed by atoms with Crippen molar-refractivity contribution >= 4 is 35.3 Å². The number of carbonyl (C=O) groups is 3. The molecule has 0 aromatic heterocycles. The average molecular weight is 462 g/mol. The van der Waals surface area contributed by atoms with E-state index in [0.29, 0.717) is 52.4 Å². The predicted octanol–water partition coefficient (Wildman–Crippen LogP) is -2.07. The molecule has 1 aliphatic heterocycles. The number of aliphatic hydroxyl groups is 1. The first-order valence-electron chi connectivity index (χ1n) is 9.96. The summed E-state index contributed by atoms with van der Waals surface area (Å²) in [5.41, 5.74) is 0. The van der Waals surface area contributed by atoms with Gasteiger partial charge < -0.3 is 20.4 Å². The molecule has 1 rings (SSSR count). The van der Waals surface area contributed by atoms with Crippen molar-refractivity contribution in [3.63, 3.8) is 0 Å². The van der Waals surface area contributed by atoms with Crippen molar-refractivity contribution in [1.82, 2.24) is 19.6 Å². The number of aliphatic imine (C=N–C) groups is 1. The first kappa shape index (κ1) is 27.0. The molecule has 1 heterocycles. The maximum Gasteiger partial charge on any atom is 0.317 e. The molecule has 13 heteroatoms. The van der Waals surface area contributed by atoms with Crippen molar-refractivity contribution in [3.8, 4) is 0 Å². The van der Waals surface area contributed by atoms with Gasteiger partial charge in [0.1, 0.15) is 0 Å². The minimum absolute atomic E-state index is 0.0990. The fraction of sp³-hybridized carbons (Fsp3) is 0.778. The number of carboxylic acid groups (broad SMARTS) is 3. The van der Waals surface area contributed by atoms with Crippen LogP contribution in [0.3, 0.4) is 0 Å². The largest absolute Gasteiger partial charge is 0.480 e. The monoisotopic (exact) mass is 461 g/mol. The minimum atomic E-state index is -0.999. The molecule has 0 amide bonds. The Kier molecular flexibility index (Phi) is 13.0. The molecule has 4 N–H and O–H groups in total. The van der Waals surface area contributed by atoms with E-state index in [1.165, 1.54) is 0 Å². The fourth-order valence-corrected chi connectivity index (χ4v) is 3.38. The van der Waals surface area contributed by atoms with Gasteiger partial charge in [-0.2, -0.15) is 0 Å². The van der Waals surface area contributed by atoms with Crippen molar-refractivity contribution in [3.05, 3.63) is 0 Å². The van der Waals surface area contributed by atoms with Gasteiger partial charge in [0.2, 0.25) is 0 Å². The van der Waals surface area contributed by atoms with Crippen LogP contribution in [0.1, 0.15) is 0 Å². The van der Waals surface area contributed by atoms with E-state index in [1.54, 1.807) is 14.7 Å². The van der Waals surface area contributed by atoms with E-state index in [9.17, 15) is 29.7 Å². The number of hydrogen-bond donors (Lipinski definition) is 4. The van der Waals surface area contributed by atoms with Gasteiger partial charge in [0, 0.05) is 58.9 Å². The number of carboxylic acids is 3. The van der Waals surface area contributed by atoms with E-state index in [0.717, 1.165) is 0 Å². The van der Waals surface area contributed by atoms with Crippen molar-refractivity contribution in [2.24, 2.45) is 4.99 Å². The van der Waals surface area contributed by atoms with Crippen LogP contribution in [0.2, 0.25) is 0 Å². The van der Waals surface area contributed by atoms with Crippen LogP contribution < -0.4 is 0 Å². The molecular formula is C18H31N5O7S. The number of isothiocyanates is 1. The molecule has 1 fully saturated rings. The zero-order valence-electron chi connectivity index (χ0n) is 17.4. The summed E-state index contributed by atoms with van der Waals surface area (Å²) in [4.78, 5) is 44.4. The summed E-state index contributed by atoms with van der Waals surface area (Å²) in [6.45, 7) is 2.87. The Hall–Kier alpha value is -1.99. The summed E-state index contributed by atoms with van der Waals surface area (Å²) < 4.78 is 0. The van der Waals surface area contributed by atoms with Crippen LogP contribution in [-0.4, -0.2) is 154 Å². The van der Waals surface area contributed by atoms with Crippen LogP contribution in [0.5, 0.6) is 0 Å². The Morgan fingerprint density at radius 1 is 0.742 bits per heavy atom. The molecule has 1 atom stereocenters. The van der Waals surface area contributed by atoms with Gasteiger partial charge >= 0.3 is 17.9 Å². The number of thiocarbonyl (C=S) groups is 1. The highest BCUT2D eigenvalue weighted by Crippen LogP contribution is 2.02. The van der Waals surface area contributed by atoms with Gasteiger partial charge in [0.15, 0.2) is 0 Å². The fourth-order valence-electron chi connectivity index (χ4n) is 3.31. The van der Waals surface area contributed by atoms with E-state index >= 15 is 0 Å². The second-order valence-electron chi connectivity index (χ2n) is 7.40. The van der Waals surface area contributed by atoms with Crippen molar-refractivity contribution in [2.45, 2.75) is 6.10 Å². The van der Waals surface area contributed by atoms with Gasteiger partial charge in [-0.3, -0.25) is 34.0 Å². The molecule has 1 aliphatic rings. The Morgan fingerprint density at radius 3 is 1.35 bits per heavy atom. The lowest BCUT2D eigenvalue weighted by Crippen LogP contribution is -2.49. The SMILES string of the molecule is O=C(O)CN1CCN(CC(=O)O)CCN(CC(O)CN=C=S)CCN(CC(=O)O)CC1. The first-order valence-corrected chi connectivity index (χ1v) is 10.4. The molecule has 0 aliphatic carbocycles. The molecule has 1 saturated heterocycles. The molecule has 0 spiro atoms. The van der Waals surface area contributed by atoms with Crippen molar-refractivity contribution in [1.29, 1.82) is 0 Å². The van der Waals surface area contributed by atoms with Crippen LogP contribution in [0.15, 0.2) is 4.99 Å². The highest BCUT2D eigenvalue weighted by molar-refractivity contribution is 7.78. The number of β-amino-alcohol motifs (C(OH)–C–C–N with tert-alkyl or cyclic N) is 1. The quantitative estimate of drug-likeness (QED) is 0.208. The molecule has 31 heavy (non-hydrogen) atoms. The van der Waals surface area contributed by atoms with Crippen LogP contribution in [0, 0.1) is 0 Å². The maximum atomic E-state index is 11.2. The van der Waals surface area contributed by atoms with Gasteiger partial charge in [0.25, 0.3) is 0 Å². The average Bonchev–Trinajstić information content (AvgIpc) is 2.67. The second kappa shape index (κ2) is 14.9. The topological polar surface area (TPSA) is 157 Å². The third-order valence-electron chi connectivity index (χ3n) is 4.84. The van der Waals surface area contributed by atoms with E-state index in [4.69, 9.17) is 5.11 Å². The Balaban J connectivity index is 2.93. The Bertz CT molecular complexity index is 615. The molecule has 12 nitrogen and oxygen atoms in total. The molecular weight excluding hydrogens is 430 g/mol. The second-order valence-corrected chi connectivity index (χ2v) is 7.58. The van der Waals surface area contributed by atoms with Crippen LogP contribution in [0.25, 0.3) is 0 Å². The third kappa shape index (κ3) is 13.1. The molecule has 0 aromatic carbocycles. The summed E-state index contributed by atoms with van der Waals surface area (Å²) >= 11 is 4.52. The lowest BCUT2D eigenvalue weighted by Gasteiger charge is -2.33. The minimum Gasteiger partial charge on any atom is -0.480 e. The number of aliphatic carboxylic acids is 3. The normalized spacial score (nSPS) is 19.5. The summed E-state index contributed by atoms with van der Waals surface area (Å²) in [6, 6.07) is 0. The lowest BCUT2D eigenvalue weighted by atomic mass is 10.3. The van der Waals surface area contributed by atoms with Gasteiger partial charge in [-0.05, 0) is 12.2 Å². The zero-order chi connectivity index (χ0) is 23.2. The highest BCUT2D eigenvalue weighted by atomic mass is 32.1. The van der Waals surface area contributed by atoms with Gasteiger partial charge in [-0.1, -0.05) is 0 Å². The van der Waals surface area contributed by atoms with Gasteiger partial charge in [0.05, 0.1) is 37.4 Å². The Labute approximate surface area is 186 Å². The predicted molar refractivity (Wildman–Crippen MR) is 115 cm³/mol. The number of rotatable bonds is 10. The van der Waals surface area contributed by atoms with Crippen molar-refractivity contribution < 1.29 is 34.8 Å². The summed E-state index contributed by atoms with van der Waals surface area (Å²) in [5, 5.41) is 39.9. The van der Waals surface area contributed by atoms with Gasteiger partial charge in [-0.15, -0.1) is 0 Å². The summed E-state index contributed by atoms with van der Waals surface area (Å²) in [5.74, 6) is -2.96. The third-order valence-corrected chi connectivity index (χ3v) is 4.97. The van der Waals surface area contributed by atoms with Crippen molar-refractivity contribution in [2.75, 3.05) is 85.1 Å². The first-order chi connectivity index (χ1) is 14.7. The van der Waals surface area contributed by atoms with Crippen LogP contribution in [0.4, 0.5) is 0 Å². The summed E-state index contributed by atoms with van der Waals surface area (Å²) in [6.07, 6.45) is -0.782. The van der Waals surface area contributed by atoms with Gasteiger partial charge in [-0.25, -0.2) is 4.99 Å². The standard InChI is InChI=1S/C18H31N5O7S/c24-15(9-19-14-31)10-20-1-3-21(11-16(25)26)5-7-23(13-18(29)30)8-6-22(4-2-20)12-17(27)28/h15,24H,1-13H2,(H,25,26)(H,27,28)(H,29,30). The molecule has 0 aromatic rings. The molecule has 1 unspecified atom stereocenters. The smallest absolute Gasteiger partial charge is 0.317 e. The Morgan fingerprint density at radius 2 is 1.06 bits per heavy atom. The lowest BCUT2D eigenvalue weighted by molar-refractivity contribution is -0.140. The number of hydrogen-bond acceptors (Lipinski definition) is 10. The number of aliphatic hydroxyl groups excluding tert-OH is 1. The molecule has 176 valence electrons. The zero-order valence-corrected chi connectivity index (χ0v) is 18.2. The molecule has 0 saturated carbocycles. The maximum absolute atomic E-state index is 11.2. The van der Waals surface area contributed by atoms with E-state index in [2.05, 4.69) is 22.4 Å². The van der Waals surface area contributed by atoms with E-state index in [1.807, 2.05) is 4.90 Å². The molecule has 0 radical (unpaired) electrons. The molecule has 0 bridgehead atoms.